The summed E-state index contributed by atoms with van der Waals surface area (Å²) >= 11 is 0. The van der Waals surface area contributed by atoms with Crippen LogP contribution in [0.1, 0.15) is 12.0 Å². The minimum absolute atomic E-state index is 0.0339. The number of piperazine rings is 1. The molecule has 1 saturated heterocycles. The summed E-state index contributed by atoms with van der Waals surface area (Å²) in [5, 5.41) is 3.09. The van der Waals surface area contributed by atoms with Crippen molar-refractivity contribution in [3.63, 3.8) is 0 Å². The molecule has 0 bridgehead atoms. The summed E-state index contributed by atoms with van der Waals surface area (Å²) in [5.41, 5.74) is 2.83. The molecular formula is C23H31N3O4. The average molecular weight is 414 g/mol. The maximum Gasteiger partial charge on any atom is 0.224 e. The number of nitrogens with zero attached hydrogens (tertiary/aromatic N) is 2. The maximum atomic E-state index is 12.7. The van der Waals surface area contributed by atoms with Gasteiger partial charge in [0, 0.05) is 32.6 Å². The number of rotatable bonds is 8. The molecule has 1 amide bonds. The molecule has 0 spiro atoms. The third-order valence-electron chi connectivity index (χ3n) is 5.43. The van der Waals surface area contributed by atoms with Crippen molar-refractivity contribution in [2.24, 2.45) is 0 Å². The van der Waals surface area contributed by atoms with Gasteiger partial charge in [-0.1, -0.05) is 18.2 Å². The van der Waals surface area contributed by atoms with Crippen LogP contribution in [0.2, 0.25) is 0 Å². The highest BCUT2D eigenvalue weighted by atomic mass is 16.5. The van der Waals surface area contributed by atoms with Crippen LogP contribution >= 0.6 is 0 Å². The Morgan fingerprint density at radius 2 is 1.63 bits per heavy atom. The van der Waals surface area contributed by atoms with E-state index in [0.29, 0.717) is 30.1 Å². The lowest BCUT2D eigenvalue weighted by Gasteiger charge is -2.35. The molecule has 2 aromatic carbocycles. The lowest BCUT2D eigenvalue weighted by atomic mass is 10.1. The number of ether oxygens (including phenoxy) is 3. The first kappa shape index (κ1) is 21.8. The van der Waals surface area contributed by atoms with E-state index < -0.39 is 0 Å². The summed E-state index contributed by atoms with van der Waals surface area (Å²) < 4.78 is 16.3. The molecule has 7 nitrogen and oxygen atoms in total. The molecule has 1 N–H and O–H groups in total. The molecule has 1 aliphatic heterocycles. The Labute approximate surface area is 178 Å². The zero-order valence-electron chi connectivity index (χ0n) is 18.2. The second kappa shape index (κ2) is 10.2. The van der Waals surface area contributed by atoms with E-state index in [9.17, 15) is 4.79 Å². The normalized spacial score (nSPS) is 14.3. The van der Waals surface area contributed by atoms with Gasteiger partial charge in [-0.3, -0.25) is 4.79 Å². The number of aryl methyl sites for hydroxylation is 1. The molecule has 1 heterocycles. The standard InChI is InChI=1S/C23H31N3O4/c1-25-13-15-26(16-14-25)19-8-6-5-7-18(19)24-21(27)12-10-17-9-11-20(28-2)23(30-4)22(17)29-3/h5-9,11H,10,12-16H2,1-4H3,(H,24,27). The van der Waals surface area contributed by atoms with E-state index in [-0.39, 0.29) is 5.91 Å². The number of hydrogen-bond acceptors (Lipinski definition) is 6. The lowest BCUT2D eigenvalue weighted by Crippen LogP contribution is -2.44. The number of anilines is 2. The summed E-state index contributed by atoms with van der Waals surface area (Å²) in [5.74, 6) is 1.71. The van der Waals surface area contributed by atoms with E-state index >= 15 is 0 Å². The van der Waals surface area contributed by atoms with Gasteiger partial charge in [0.2, 0.25) is 11.7 Å². The number of hydrogen-bond donors (Lipinski definition) is 1. The van der Waals surface area contributed by atoms with Crippen molar-refractivity contribution in [3.05, 3.63) is 42.0 Å². The van der Waals surface area contributed by atoms with Gasteiger partial charge >= 0.3 is 0 Å². The summed E-state index contributed by atoms with van der Waals surface area (Å²) in [7, 11) is 6.88. The van der Waals surface area contributed by atoms with Crippen molar-refractivity contribution in [2.75, 3.05) is 64.8 Å². The van der Waals surface area contributed by atoms with Crippen molar-refractivity contribution in [2.45, 2.75) is 12.8 Å². The molecular weight excluding hydrogens is 382 g/mol. The van der Waals surface area contributed by atoms with Crippen LogP contribution in [-0.4, -0.2) is 65.4 Å². The number of methoxy groups -OCH3 is 3. The summed E-state index contributed by atoms with van der Waals surface area (Å²) in [4.78, 5) is 17.4. The smallest absolute Gasteiger partial charge is 0.224 e. The highest BCUT2D eigenvalue weighted by Gasteiger charge is 2.19. The first-order valence-corrected chi connectivity index (χ1v) is 10.2. The van der Waals surface area contributed by atoms with E-state index in [0.717, 1.165) is 43.1 Å². The van der Waals surface area contributed by atoms with E-state index in [1.807, 2.05) is 30.3 Å². The molecule has 7 heteroatoms. The molecule has 1 fully saturated rings. The predicted octanol–water partition coefficient (Wildman–Crippen LogP) is 3.04. The monoisotopic (exact) mass is 413 g/mol. The molecule has 30 heavy (non-hydrogen) atoms. The molecule has 0 aliphatic carbocycles. The molecule has 2 aromatic rings. The Kier molecular flexibility index (Phi) is 7.41. The lowest BCUT2D eigenvalue weighted by molar-refractivity contribution is -0.116. The average Bonchev–Trinajstić information content (AvgIpc) is 2.77. The number of para-hydroxylation sites is 2. The third-order valence-corrected chi connectivity index (χ3v) is 5.43. The van der Waals surface area contributed by atoms with E-state index in [1.165, 1.54) is 0 Å². The zero-order valence-corrected chi connectivity index (χ0v) is 18.2. The largest absolute Gasteiger partial charge is 0.493 e. The zero-order chi connectivity index (χ0) is 21.5. The van der Waals surface area contributed by atoms with Gasteiger partial charge in [-0.2, -0.15) is 0 Å². The number of carbonyl (C=O) groups is 1. The number of carbonyl (C=O) groups excluding carboxylic acids is 1. The van der Waals surface area contributed by atoms with E-state index in [1.54, 1.807) is 21.3 Å². The molecule has 0 unspecified atom stereocenters. The number of nitrogens with one attached hydrogen (secondary N) is 1. The van der Waals surface area contributed by atoms with Crippen molar-refractivity contribution in [1.82, 2.24) is 4.90 Å². The molecule has 0 saturated carbocycles. The van der Waals surface area contributed by atoms with Gasteiger partial charge in [-0.05, 0) is 37.2 Å². The minimum atomic E-state index is -0.0339. The van der Waals surface area contributed by atoms with Crippen molar-refractivity contribution < 1.29 is 19.0 Å². The van der Waals surface area contributed by atoms with Crippen LogP contribution in [0, 0.1) is 0 Å². The summed E-state index contributed by atoms with van der Waals surface area (Å²) in [6.07, 6.45) is 0.870. The van der Waals surface area contributed by atoms with Gasteiger partial charge < -0.3 is 29.3 Å². The Bertz CT molecular complexity index is 864. The van der Waals surface area contributed by atoms with Crippen LogP contribution in [0.4, 0.5) is 11.4 Å². The van der Waals surface area contributed by atoms with Crippen LogP contribution in [0.15, 0.2) is 36.4 Å². The second-order valence-electron chi connectivity index (χ2n) is 7.35. The Morgan fingerprint density at radius 1 is 0.933 bits per heavy atom. The molecule has 3 rings (SSSR count). The first-order valence-electron chi connectivity index (χ1n) is 10.2. The molecule has 0 radical (unpaired) electrons. The Balaban J connectivity index is 1.68. The van der Waals surface area contributed by atoms with Crippen LogP contribution in [-0.2, 0) is 11.2 Å². The van der Waals surface area contributed by atoms with E-state index in [4.69, 9.17) is 14.2 Å². The Hall–Kier alpha value is -2.93. The highest BCUT2D eigenvalue weighted by Crippen LogP contribution is 2.40. The number of benzene rings is 2. The summed E-state index contributed by atoms with van der Waals surface area (Å²) in [6.45, 7) is 3.93. The molecule has 1 aliphatic rings. The number of amides is 1. The fourth-order valence-corrected chi connectivity index (χ4v) is 3.72. The van der Waals surface area contributed by atoms with Gasteiger partial charge in [0.1, 0.15) is 0 Å². The van der Waals surface area contributed by atoms with Crippen molar-refractivity contribution >= 4 is 17.3 Å². The van der Waals surface area contributed by atoms with Gasteiger partial charge in [0.25, 0.3) is 0 Å². The predicted molar refractivity (Wildman–Crippen MR) is 119 cm³/mol. The number of likely N-dealkylation sites (N-methyl/N-ethyl adjacent to an activating group) is 1. The molecule has 0 atom stereocenters. The molecule has 162 valence electrons. The van der Waals surface area contributed by atoms with Crippen LogP contribution in [0.3, 0.4) is 0 Å². The minimum Gasteiger partial charge on any atom is -0.493 e. The highest BCUT2D eigenvalue weighted by molar-refractivity contribution is 5.94. The van der Waals surface area contributed by atoms with E-state index in [2.05, 4.69) is 28.2 Å². The SMILES string of the molecule is COc1ccc(CCC(=O)Nc2ccccc2N2CCN(C)CC2)c(OC)c1OC. The quantitative estimate of drug-likeness (QED) is 0.718. The van der Waals surface area contributed by atoms with Crippen LogP contribution in [0.25, 0.3) is 0 Å². The fourth-order valence-electron chi connectivity index (χ4n) is 3.72. The third kappa shape index (κ3) is 4.97. The van der Waals surface area contributed by atoms with Crippen molar-refractivity contribution in [3.8, 4) is 17.2 Å². The van der Waals surface area contributed by atoms with Gasteiger partial charge in [-0.15, -0.1) is 0 Å². The second-order valence-corrected chi connectivity index (χ2v) is 7.35. The fraction of sp³-hybridized carbons (Fsp3) is 0.435. The molecule has 0 aromatic heterocycles. The van der Waals surface area contributed by atoms with Gasteiger partial charge in [0.05, 0.1) is 32.7 Å². The summed E-state index contributed by atoms with van der Waals surface area (Å²) in [6, 6.07) is 11.7. The van der Waals surface area contributed by atoms with Gasteiger partial charge in [0.15, 0.2) is 11.5 Å². The Morgan fingerprint density at radius 3 is 2.30 bits per heavy atom. The van der Waals surface area contributed by atoms with Crippen LogP contribution < -0.4 is 24.4 Å². The van der Waals surface area contributed by atoms with Crippen molar-refractivity contribution in [1.29, 1.82) is 0 Å². The maximum absolute atomic E-state index is 12.7. The van der Waals surface area contributed by atoms with Crippen LogP contribution in [0.5, 0.6) is 17.2 Å². The topological polar surface area (TPSA) is 63.3 Å². The van der Waals surface area contributed by atoms with Gasteiger partial charge in [-0.25, -0.2) is 0 Å². The first-order chi connectivity index (χ1) is 14.6.